The average Bonchev–Trinajstić information content (AvgIpc) is 2.77. The summed E-state index contributed by atoms with van der Waals surface area (Å²) in [4.78, 5) is 10.6. The van der Waals surface area contributed by atoms with E-state index in [2.05, 4.69) is 4.37 Å². The number of rotatable bonds is 4. The topological polar surface area (TPSA) is 59.4 Å². The molecule has 0 atom stereocenters. The lowest BCUT2D eigenvalue weighted by molar-refractivity contribution is -0.136. The Morgan fingerprint density at radius 2 is 2.12 bits per heavy atom. The van der Waals surface area contributed by atoms with Gasteiger partial charge in [-0.25, -0.2) is 0 Å². The molecule has 5 heteroatoms. The van der Waals surface area contributed by atoms with Crippen molar-refractivity contribution in [3.05, 3.63) is 35.2 Å². The van der Waals surface area contributed by atoms with Gasteiger partial charge in [0.1, 0.15) is 0 Å². The summed E-state index contributed by atoms with van der Waals surface area (Å²) in [6.45, 7) is 0. The van der Waals surface area contributed by atoms with Crippen LogP contribution in [0.4, 0.5) is 0 Å². The maximum atomic E-state index is 10.6. The van der Waals surface area contributed by atoms with Crippen molar-refractivity contribution in [3.63, 3.8) is 0 Å². The molecule has 0 spiro atoms. The predicted octanol–water partition coefficient (Wildman–Crippen LogP) is 2.45. The van der Waals surface area contributed by atoms with Crippen LogP contribution < -0.4 is 4.74 Å². The van der Waals surface area contributed by atoms with Crippen LogP contribution in [0.3, 0.4) is 0 Å². The van der Waals surface area contributed by atoms with Crippen LogP contribution in [0.25, 0.3) is 11.1 Å². The Hall–Kier alpha value is -1.88. The van der Waals surface area contributed by atoms with Gasteiger partial charge in [-0.05, 0) is 22.7 Å². The van der Waals surface area contributed by atoms with Crippen LogP contribution >= 0.6 is 11.5 Å². The molecule has 0 amide bonds. The smallest absolute Gasteiger partial charge is 0.307 e. The predicted molar refractivity (Wildman–Crippen MR) is 65.4 cm³/mol. The molecule has 88 valence electrons. The molecule has 0 unspecified atom stereocenters. The van der Waals surface area contributed by atoms with Crippen LogP contribution in [0, 0.1) is 0 Å². The first-order valence-corrected chi connectivity index (χ1v) is 5.84. The van der Waals surface area contributed by atoms with Crippen molar-refractivity contribution in [2.24, 2.45) is 0 Å². The van der Waals surface area contributed by atoms with Gasteiger partial charge in [-0.2, -0.15) is 4.37 Å². The molecule has 2 aromatic rings. The SMILES string of the molecule is COc1nscc1-c1ccc(CC(=O)O)cc1. The van der Waals surface area contributed by atoms with Gasteiger partial charge in [-0.1, -0.05) is 24.3 Å². The molecule has 0 saturated heterocycles. The molecule has 1 N–H and O–H groups in total. The second-order valence-corrected chi connectivity index (χ2v) is 4.13. The van der Waals surface area contributed by atoms with Gasteiger partial charge in [0.25, 0.3) is 0 Å². The van der Waals surface area contributed by atoms with Gasteiger partial charge in [0.2, 0.25) is 5.88 Å². The van der Waals surface area contributed by atoms with Crippen LogP contribution in [0.2, 0.25) is 0 Å². The van der Waals surface area contributed by atoms with Gasteiger partial charge in [-0.15, -0.1) is 0 Å². The molecule has 0 aliphatic carbocycles. The van der Waals surface area contributed by atoms with Crippen molar-refractivity contribution >= 4 is 17.5 Å². The van der Waals surface area contributed by atoms with Gasteiger partial charge >= 0.3 is 5.97 Å². The number of nitrogens with zero attached hydrogens (tertiary/aromatic N) is 1. The fourth-order valence-corrected chi connectivity index (χ4v) is 2.21. The van der Waals surface area contributed by atoms with Crippen molar-refractivity contribution in [2.45, 2.75) is 6.42 Å². The maximum absolute atomic E-state index is 10.6. The fourth-order valence-electron chi connectivity index (χ4n) is 1.54. The molecule has 0 aliphatic heterocycles. The van der Waals surface area contributed by atoms with Crippen molar-refractivity contribution < 1.29 is 14.6 Å². The highest BCUT2D eigenvalue weighted by Gasteiger charge is 2.08. The van der Waals surface area contributed by atoms with Gasteiger partial charge in [-0.3, -0.25) is 4.79 Å². The van der Waals surface area contributed by atoms with E-state index in [0.717, 1.165) is 16.7 Å². The third-order valence-electron chi connectivity index (χ3n) is 2.35. The van der Waals surface area contributed by atoms with Crippen LogP contribution in [-0.4, -0.2) is 22.6 Å². The molecule has 1 heterocycles. The zero-order valence-electron chi connectivity index (χ0n) is 9.21. The van der Waals surface area contributed by atoms with E-state index >= 15 is 0 Å². The van der Waals surface area contributed by atoms with Gasteiger partial charge in [0, 0.05) is 5.38 Å². The van der Waals surface area contributed by atoms with Crippen LogP contribution in [0.1, 0.15) is 5.56 Å². The first-order chi connectivity index (χ1) is 8.20. The monoisotopic (exact) mass is 249 g/mol. The molecule has 0 aliphatic rings. The summed E-state index contributed by atoms with van der Waals surface area (Å²) in [6, 6.07) is 7.37. The Morgan fingerprint density at radius 1 is 1.41 bits per heavy atom. The molecular formula is C12H11NO3S. The van der Waals surface area contributed by atoms with Crippen molar-refractivity contribution in [1.82, 2.24) is 4.37 Å². The third-order valence-corrected chi connectivity index (χ3v) is 2.96. The van der Waals surface area contributed by atoms with Crippen molar-refractivity contribution in [2.75, 3.05) is 7.11 Å². The molecule has 4 nitrogen and oxygen atoms in total. The highest BCUT2D eigenvalue weighted by atomic mass is 32.1. The minimum atomic E-state index is -0.826. The molecule has 0 radical (unpaired) electrons. The van der Waals surface area contributed by atoms with E-state index in [-0.39, 0.29) is 6.42 Å². The summed E-state index contributed by atoms with van der Waals surface area (Å²) in [6.07, 6.45) is 0.0410. The Labute approximate surface area is 103 Å². The standard InChI is InChI=1S/C12H11NO3S/c1-16-12-10(7-17-13-12)9-4-2-8(3-5-9)6-11(14)15/h2-5,7H,6H2,1H3,(H,14,15). The Balaban J connectivity index is 2.26. The minimum absolute atomic E-state index is 0.0410. The van der Waals surface area contributed by atoms with E-state index in [1.807, 2.05) is 17.5 Å². The molecule has 1 aromatic carbocycles. The number of hydrogen-bond acceptors (Lipinski definition) is 4. The summed E-state index contributed by atoms with van der Waals surface area (Å²) in [5.74, 6) is -0.228. The summed E-state index contributed by atoms with van der Waals surface area (Å²) in [5, 5.41) is 10.6. The number of ether oxygens (including phenoxy) is 1. The zero-order chi connectivity index (χ0) is 12.3. The first kappa shape index (κ1) is 11.6. The second-order valence-electron chi connectivity index (χ2n) is 3.50. The summed E-state index contributed by atoms with van der Waals surface area (Å²) in [7, 11) is 1.58. The van der Waals surface area contributed by atoms with Gasteiger partial charge in [0.15, 0.2) is 0 Å². The average molecular weight is 249 g/mol. The molecule has 0 saturated carbocycles. The summed E-state index contributed by atoms with van der Waals surface area (Å²) >= 11 is 1.33. The maximum Gasteiger partial charge on any atom is 0.307 e. The number of carboxylic acids is 1. The molecule has 17 heavy (non-hydrogen) atoms. The lowest BCUT2D eigenvalue weighted by atomic mass is 10.1. The van der Waals surface area contributed by atoms with Gasteiger partial charge in [0.05, 0.1) is 19.1 Å². The molecule has 1 aromatic heterocycles. The number of methoxy groups -OCH3 is 1. The third kappa shape index (κ3) is 2.62. The van der Waals surface area contributed by atoms with E-state index < -0.39 is 5.97 Å². The molecule has 0 fully saturated rings. The summed E-state index contributed by atoms with van der Waals surface area (Å²) < 4.78 is 9.25. The Bertz CT molecular complexity index is 519. The Morgan fingerprint density at radius 3 is 2.71 bits per heavy atom. The molecule has 0 bridgehead atoms. The van der Waals surface area contributed by atoms with E-state index in [9.17, 15) is 4.79 Å². The Kier molecular flexibility index (Phi) is 3.39. The van der Waals surface area contributed by atoms with Crippen molar-refractivity contribution in [3.8, 4) is 17.0 Å². The van der Waals surface area contributed by atoms with Crippen molar-refractivity contribution in [1.29, 1.82) is 0 Å². The van der Waals surface area contributed by atoms with E-state index in [4.69, 9.17) is 9.84 Å². The molecular weight excluding hydrogens is 238 g/mol. The fraction of sp³-hybridized carbons (Fsp3) is 0.167. The number of aliphatic carboxylic acids is 1. The lowest BCUT2D eigenvalue weighted by Gasteiger charge is -2.02. The molecule has 2 rings (SSSR count). The summed E-state index contributed by atoms with van der Waals surface area (Å²) in [5.41, 5.74) is 2.69. The number of carbonyl (C=O) groups is 1. The highest BCUT2D eigenvalue weighted by molar-refractivity contribution is 7.04. The number of benzene rings is 1. The van der Waals surface area contributed by atoms with Crippen LogP contribution in [0.5, 0.6) is 5.88 Å². The normalized spacial score (nSPS) is 10.2. The number of carboxylic acid groups (broad SMARTS) is 1. The van der Waals surface area contributed by atoms with E-state index in [1.165, 1.54) is 11.5 Å². The quantitative estimate of drug-likeness (QED) is 0.904. The lowest BCUT2D eigenvalue weighted by Crippen LogP contribution is -1.99. The van der Waals surface area contributed by atoms with E-state index in [0.29, 0.717) is 5.88 Å². The first-order valence-electron chi connectivity index (χ1n) is 5.00. The zero-order valence-corrected chi connectivity index (χ0v) is 10.0. The van der Waals surface area contributed by atoms with Crippen LogP contribution in [0.15, 0.2) is 29.6 Å². The highest BCUT2D eigenvalue weighted by Crippen LogP contribution is 2.30. The largest absolute Gasteiger partial charge is 0.481 e. The number of aromatic nitrogens is 1. The number of hydrogen-bond donors (Lipinski definition) is 1. The van der Waals surface area contributed by atoms with Gasteiger partial charge < -0.3 is 9.84 Å². The second kappa shape index (κ2) is 4.97. The van der Waals surface area contributed by atoms with E-state index in [1.54, 1.807) is 19.2 Å². The van der Waals surface area contributed by atoms with Crippen LogP contribution in [-0.2, 0) is 11.2 Å². The minimum Gasteiger partial charge on any atom is -0.481 e.